The van der Waals surface area contributed by atoms with Crippen molar-refractivity contribution in [3.8, 4) is 0 Å². The minimum atomic E-state index is -0.789. The zero-order valence-electron chi connectivity index (χ0n) is 15.7. The summed E-state index contributed by atoms with van der Waals surface area (Å²) in [5.74, 6) is -2.28. The molecule has 1 heterocycles. The number of aryl methyl sites for hydroxylation is 1. The molecule has 0 saturated carbocycles. The van der Waals surface area contributed by atoms with Gasteiger partial charge in [-0.05, 0) is 48.9 Å². The highest BCUT2D eigenvalue weighted by atomic mass is 19.1. The monoisotopic (exact) mass is 387 g/mol. The van der Waals surface area contributed by atoms with E-state index in [9.17, 15) is 19.1 Å². The fourth-order valence-electron chi connectivity index (χ4n) is 3.51. The van der Waals surface area contributed by atoms with Crippen LogP contribution in [-0.4, -0.2) is 16.8 Å². The Balaban J connectivity index is 1.94. The van der Waals surface area contributed by atoms with Crippen molar-refractivity contribution in [1.29, 1.82) is 0 Å². The quantitative estimate of drug-likeness (QED) is 0.400. The van der Waals surface area contributed by atoms with E-state index in [2.05, 4.69) is 0 Å². The van der Waals surface area contributed by atoms with Gasteiger partial charge in [-0.3, -0.25) is 14.5 Å². The number of aliphatic hydroxyl groups is 1. The van der Waals surface area contributed by atoms with Crippen molar-refractivity contribution in [3.05, 3.63) is 107 Å². The van der Waals surface area contributed by atoms with Gasteiger partial charge in [0.2, 0.25) is 0 Å². The molecule has 0 aromatic heterocycles. The molecular weight excluding hydrogens is 369 g/mol. The number of benzene rings is 3. The van der Waals surface area contributed by atoms with Crippen LogP contribution in [0.2, 0.25) is 0 Å². The number of hydrogen-bond acceptors (Lipinski definition) is 3. The number of carbonyl (C=O) groups is 2. The van der Waals surface area contributed by atoms with Gasteiger partial charge in [-0.15, -0.1) is 0 Å². The first-order chi connectivity index (χ1) is 14.0. The van der Waals surface area contributed by atoms with Crippen LogP contribution in [0.3, 0.4) is 0 Å². The zero-order valence-corrected chi connectivity index (χ0v) is 15.7. The van der Waals surface area contributed by atoms with E-state index >= 15 is 0 Å². The minimum Gasteiger partial charge on any atom is -0.507 e. The average Bonchev–Trinajstić information content (AvgIpc) is 3.00. The van der Waals surface area contributed by atoms with Gasteiger partial charge in [0, 0.05) is 11.3 Å². The highest BCUT2D eigenvalue weighted by Gasteiger charge is 2.46. The van der Waals surface area contributed by atoms with E-state index in [1.54, 1.807) is 24.3 Å². The highest BCUT2D eigenvalue weighted by molar-refractivity contribution is 6.51. The van der Waals surface area contributed by atoms with Crippen LogP contribution in [0.5, 0.6) is 0 Å². The van der Waals surface area contributed by atoms with Crippen LogP contribution in [0.25, 0.3) is 5.76 Å². The lowest BCUT2D eigenvalue weighted by molar-refractivity contribution is -0.132. The van der Waals surface area contributed by atoms with E-state index in [0.717, 1.165) is 5.56 Å². The van der Waals surface area contributed by atoms with Crippen molar-refractivity contribution in [2.75, 3.05) is 4.90 Å². The van der Waals surface area contributed by atoms with Crippen molar-refractivity contribution in [2.45, 2.75) is 13.0 Å². The van der Waals surface area contributed by atoms with Gasteiger partial charge in [-0.2, -0.15) is 0 Å². The van der Waals surface area contributed by atoms with Crippen molar-refractivity contribution < 1.29 is 19.1 Å². The van der Waals surface area contributed by atoms with Gasteiger partial charge in [0.15, 0.2) is 0 Å². The van der Waals surface area contributed by atoms with E-state index in [4.69, 9.17) is 0 Å². The summed E-state index contributed by atoms with van der Waals surface area (Å²) in [6, 6.07) is 20.7. The van der Waals surface area contributed by atoms with Crippen LogP contribution in [0, 0.1) is 12.7 Å². The Hall–Kier alpha value is -3.73. The number of rotatable bonds is 3. The van der Waals surface area contributed by atoms with Crippen LogP contribution in [0.1, 0.15) is 22.7 Å². The first-order valence-electron chi connectivity index (χ1n) is 9.16. The van der Waals surface area contributed by atoms with Gasteiger partial charge in [0.1, 0.15) is 11.6 Å². The number of aliphatic hydroxyl groups excluding tert-OH is 1. The third kappa shape index (κ3) is 3.31. The second-order valence-corrected chi connectivity index (χ2v) is 6.92. The molecule has 3 aromatic carbocycles. The molecule has 1 amide bonds. The number of amides is 1. The Labute approximate surface area is 167 Å². The van der Waals surface area contributed by atoms with Crippen molar-refractivity contribution in [2.24, 2.45) is 0 Å². The lowest BCUT2D eigenvalue weighted by Gasteiger charge is -2.25. The summed E-state index contributed by atoms with van der Waals surface area (Å²) in [6.45, 7) is 1.94. The molecule has 1 fully saturated rings. The lowest BCUT2D eigenvalue weighted by atomic mass is 9.94. The van der Waals surface area contributed by atoms with Crippen LogP contribution in [0.15, 0.2) is 84.4 Å². The molecule has 1 unspecified atom stereocenters. The summed E-state index contributed by atoms with van der Waals surface area (Å²) in [7, 11) is 0. The average molecular weight is 387 g/mol. The fraction of sp³-hybridized carbons (Fsp3) is 0.0833. The van der Waals surface area contributed by atoms with Gasteiger partial charge < -0.3 is 5.11 Å². The summed E-state index contributed by atoms with van der Waals surface area (Å²) in [5.41, 5.74) is 2.54. The highest BCUT2D eigenvalue weighted by Crippen LogP contribution is 2.42. The standard InChI is InChI=1S/C24H18FNO3/c1-15-7-9-16(10-8-15)21-20(22(27)17-11-13-18(25)14-12-17)23(28)24(29)26(21)19-5-3-2-4-6-19/h2-14,21,27H,1H3. The second-order valence-electron chi connectivity index (χ2n) is 6.92. The molecule has 0 spiro atoms. The SMILES string of the molecule is Cc1ccc(C2C(=C(O)c3ccc(F)cc3)C(=O)C(=O)N2c2ccccc2)cc1. The smallest absolute Gasteiger partial charge is 0.300 e. The minimum absolute atomic E-state index is 0.0192. The molecule has 144 valence electrons. The Morgan fingerprint density at radius 3 is 2.14 bits per heavy atom. The molecule has 0 radical (unpaired) electrons. The van der Waals surface area contributed by atoms with Crippen molar-refractivity contribution >= 4 is 23.1 Å². The molecule has 29 heavy (non-hydrogen) atoms. The normalized spacial score (nSPS) is 18.3. The van der Waals surface area contributed by atoms with Gasteiger partial charge in [-0.25, -0.2) is 4.39 Å². The van der Waals surface area contributed by atoms with Crippen molar-refractivity contribution in [1.82, 2.24) is 0 Å². The van der Waals surface area contributed by atoms with Crippen LogP contribution in [0.4, 0.5) is 10.1 Å². The van der Waals surface area contributed by atoms with Crippen LogP contribution in [-0.2, 0) is 9.59 Å². The van der Waals surface area contributed by atoms with E-state index in [1.165, 1.54) is 29.2 Å². The van der Waals surface area contributed by atoms with Crippen molar-refractivity contribution in [3.63, 3.8) is 0 Å². The predicted molar refractivity (Wildman–Crippen MR) is 109 cm³/mol. The largest absolute Gasteiger partial charge is 0.507 e. The van der Waals surface area contributed by atoms with E-state index in [1.807, 2.05) is 37.3 Å². The third-order valence-electron chi connectivity index (χ3n) is 4.99. The Bertz CT molecular complexity index is 1100. The lowest BCUT2D eigenvalue weighted by Crippen LogP contribution is -2.29. The molecule has 1 atom stereocenters. The number of ketones is 1. The Morgan fingerprint density at radius 2 is 1.52 bits per heavy atom. The summed E-state index contributed by atoms with van der Waals surface area (Å²) in [5, 5.41) is 10.9. The number of hydrogen-bond donors (Lipinski definition) is 1. The maximum atomic E-state index is 13.3. The molecule has 0 bridgehead atoms. The number of Topliss-reactive ketones (excluding diaryl/α,β-unsaturated/α-hetero) is 1. The zero-order chi connectivity index (χ0) is 20.5. The maximum absolute atomic E-state index is 13.3. The molecule has 0 aliphatic carbocycles. The van der Waals surface area contributed by atoms with Crippen LogP contribution < -0.4 is 4.90 Å². The first kappa shape index (κ1) is 18.6. The predicted octanol–water partition coefficient (Wildman–Crippen LogP) is 4.76. The first-order valence-corrected chi connectivity index (χ1v) is 9.16. The summed E-state index contributed by atoms with van der Waals surface area (Å²) in [6.07, 6.45) is 0. The maximum Gasteiger partial charge on any atom is 0.300 e. The van der Waals surface area contributed by atoms with E-state index < -0.39 is 23.5 Å². The molecule has 1 aliphatic rings. The van der Waals surface area contributed by atoms with Gasteiger partial charge in [-0.1, -0.05) is 48.0 Å². The van der Waals surface area contributed by atoms with Gasteiger partial charge in [0.05, 0.1) is 11.6 Å². The van der Waals surface area contributed by atoms with Crippen LogP contribution >= 0.6 is 0 Å². The molecule has 4 rings (SSSR count). The topological polar surface area (TPSA) is 57.6 Å². The van der Waals surface area contributed by atoms with Gasteiger partial charge in [0.25, 0.3) is 11.7 Å². The number of para-hydroxylation sites is 1. The molecular formula is C24H18FNO3. The molecule has 4 nitrogen and oxygen atoms in total. The number of carbonyl (C=O) groups excluding carboxylic acids is 2. The molecule has 1 saturated heterocycles. The summed E-state index contributed by atoms with van der Waals surface area (Å²) >= 11 is 0. The third-order valence-corrected chi connectivity index (χ3v) is 4.99. The molecule has 5 heteroatoms. The number of anilines is 1. The van der Waals surface area contributed by atoms with E-state index in [0.29, 0.717) is 11.3 Å². The molecule has 1 N–H and O–H groups in total. The number of halogens is 1. The molecule has 3 aromatic rings. The Kier molecular flexibility index (Phi) is 4.72. The summed E-state index contributed by atoms with van der Waals surface area (Å²) < 4.78 is 13.3. The summed E-state index contributed by atoms with van der Waals surface area (Å²) in [4.78, 5) is 27.3. The van der Waals surface area contributed by atoms with Gasteiger partial charge >= 0.3 is 0 Å². The van der Waals surface area contributed by atoms with E-state index in [-0.39, 0.29) is 16.9 Å². The number of nitrogens with zero attached hydrogens (tertiary/aromatic N) is 1. The Morgan fingerprint density at radius 1 is 0.897 bits per heavy atom. The molecule has 1 aliphatic heterocycles. The second kappa shape index (κ2) is 7.36. The fourth-order valence-corrected chi connectivity index (χ4v) is 3.51.